The van der Waals surface area contributed by atoms with E-state index >= 15 is 0 Å². The molecular formula is C26H33FN6O. The normalized spacial score (nSPS) is 27.9. The van der Waals surface area contributed by atoms with Gasteiger partial charge in [0.05, 0.1) is 42.1 Å². The lowest BCUT2D eigenvalue weighted by atomic mass is 9.80. The fourth-order valence-electron chi connectivity index (χ4n) is 5.53. The third-order valence-corrected chi connectivity index (χ3v) is 8.00. The van der Waals surface area contributed by atoms with Crippen molar-refractivity contribution in [3.05, 3.63) is 40.9 Å². The lowest BCUT2D eigenvalue weighted by molar-refractivity contribution is 0.00390. The molecule has 2 saturated carbocycles. The maximum atomic E-state index is 13.2. The molecule has 7 nitrogen and oxygen atoms in total. The first kappa shape index (κ1) is 22.0. The third-order valence-electron chi connectivity index (χ3n) is 8.00. The van der Waals surface area contributed by atoms with E-state index < -0.39 is 0 Å². The van der Waals surface area contributed by atoms with E-state index in [-0.39, 0.29) is 30.5 Å². The number of rotatable bonds is 5. The molecule has 0 bridgehead atoms. The SMILES string of the molecule is Cc1nc2nc(C3CCOC(c4cnn(C5CC5)c4)C3)nc(C3CCC(CF)CC3)c2nc1C. The minimum absolute atomic E-state index is 0.0137. The van der Waals surface area contributed by atoms with Gasteiger partial charge in [-0.05, 0) is 71.1 Å². The summed E-state index contributed by atoms with van der Waals surface area (Å²) < 4.78 is 21.5. The van der Waals surface area contributed by atoms with Crippen molar-refractivity contribution >= 4 is 11.2 Å². The first-order valence-electron chi connectivity index (χ1n) is 12.8. The predicted molar refractivity (Wildman–Crippen MR) is 126 cm³/mol. The van der Waals surface area contributed by atoms with Crippen LogP contribution in [0.15, 0.2) is 12.4 Å². The Morgan fingerprint density at radius 1 is 0.941 bits per heavy atom. The van der Waals surface area contributed by atoms with Crippen LogP contribution < -0.4 is 0 Å². The third kappa shape index (κ3) is 4.21. The zero-order valence-corrected chi connectivity index (χ0v) is 20.1. The summed E-state index contributed by atoms with van der Waals surface area (Å²) in [6.07, 6.45) is 12.0. The number of alkyl halides is 1. The molecule has 8 heteroatoms. The van der Waals surface area contributed by atoms with Crippen LogP contribution in [0.3, 0.4) is 0 Å². The molecule has 2 unspecified atom stereocenters. The average Bonchev–Trinajstić information content (AvgIpc) is 3.60. The summed E-state index contributed by atoms with van der Waals surface area (Å²) in [6.45, 7) is 4.43. The second kappa shape index (κ2) is 8.95. The van der Waals surface area contributed by atoms with Gasteiger partial charge >= 0.3 is 0 Å². The molecule has 4 heterocycles. The minimum atomic E-state index is -0.221. The summed E-state index contributed by atoms with van der Waals surface area (Å²) >= 11 is 0. The van der Waals surface area contributed by atoms with E-state index in [1.54, 1.807) is 0 Å². The van der Waals surface area contributed by atoms with Crippen LogP contribution in [0.5, 0.6) is 0 Å². The maximum Gasteiger partial charge on any atom is 0.182 e. The van der Waals surface area contributed by atoms with Gasteiger partial charge in [0.1, 0.15) is 11.3 Å². The van der Waals surface area contributed by atoms with Crippen molar-refractivity contribution in [2.75, 3.05) is 13.3 Å². The minimum Gasteiger partial charge on any atom is -0.373 e. The lowest BCUT2D eigenvalue weighted by Crippen LogP contribution is -2.22. The van der Waals surface area contributed by atoms with E-state index in [9.17, 15) is 4.39 Å². The van der Waals surface area contributed by atoms with Gasteiger partial charge in [0, 0.05) is 30.2 Å². The monoisotopic (exact) mass is 464 g/mol. The largest absolute Gasteiger partial charge is 0.373 e. The van der Waals surface area contributed by atoms with Crippen LogP contribution >= 0.6 is 0 Å². The molecule has 0 N–H and O–H groups in total. The molecule has 3 aromatic rings. The maximum absolute atomic E-state index is 13.2. The van der Waals surface area contributed by atoms with Crippen LogP contribution in [0.1, 0.15) is 104 Å². The van der Waals surface area contributed by atoms with Crippen molar-refractivity contribution in [3.63, 3.8) is 0 Å². The Labute approximate surface area is 199 Å². The summed E-state index contributed by atoms with van der Waals surface area (Å²) in [6, 6.07) is 0.567. The highest BCUT2D eigenvalue weighted by atomic mass is 19.1. The van der Waals surface area contributed by atoms with Crippen LogP contribution in [0, 0.1) is 19.8 Å². The standard InChI is InChI=1S/C26H33FN6O/c1-15-16(2)30-26-24(29-15)23(18-5-3-17(12-27)4-6-18)31-25(32-26)19-9-10-34-22(11-19)20-13-28-33(14-20)21-7-8-21/h13-14,17-19,21-22H,3-12H2,1-2H3. The number of halogens is 1. The van der Waals surface area contributed by atoms with E-state index in [2.05, 4.69) is 16.0 Å². The number of hydrogen-bond acceptors (Lipinski definition) is 6. The molecule has 2 atom stereocenters. The van der Waals surface area contributed by atoms with Gasteiger partial charge < -0.3 is 4.74 Å². The first-order chi connectivity index (χ1) is 16.6. The zero-order chi connectivity index (χ0) is 23.2. The zero-order valence-electron chi connectivity index (χ0n) is 20.1. The Hall–Kier alpha value is -2.48. The van der Waals surface area contributed by atoms with Crippen molar-refractivity contribution < 1.29 is 9.13 Å². The molecule has 1 aliphatic heterocycles. The average molecular weight is 465 g/mol. The number of nitrogens with zero attached hydrogens (tertiary/aromatic N) is 6. The molecule has 3 fully saturated rings. The Bertz CT molecular complexity index is 1180. The Balaban J connectivity index is 1.32. The van der Waals surface area contributed by atoms with Crippen LogP contribution in [0.4, 0.5) is 4.39 Å². The summed E-state index contributed by atoms with van der Waals surface area (Å²) in [5.74, 6) is 1.54. The van der Waals surface area contributed by atoms with E-state index in [4.69, 9.17) is 24.7 Å². The van der Waals surface area contributed by atoms with Gasteiger partial charge in [-0.25, -0.2) is 19.9 Å². The smallest absolute Gasteiger partial charge is 0.182 e. The van der Waals surface area contributed by atoms with Crippen molar-refractivity contribution in [2.45, 2.75) is 89.2 Å². The van der Waals surface area contributed by atoms with Gasteiger partial charge in [0.15, 0.2) is 5.65 Å². The van der Waals surface area contributed by atoms with E-state index in [0.29, 0.717) is 18.3 Å². The fourth-order valence-corrected chi connectivity index (χ4v) is 5.53. The second-order valence-electron chi connectivity index (χ2n) is 10.5. The lowest BCUT2D eigenvalue weighted by Gasteiger charge is -2.30. The Morgan fingerprint density at radius 2 is 1.74 bits per heavy atom. The van der Waals surface area contributed by atoms with Gasteiger partial charge in [0.2, 0.25) is 0 Å². The number of ether oxygens (including phenoxy) is 1. The van der Waals surface area contributed by atoms with Crippen LogP contribution in [-0.4, -0.2) is 43.0 Å². The molecular weight excluding hydrogens is 431 g/mol. The molecule has 1 saturated heterocycles. The topological polar surface area (TPSA) is 78.6 Å². The van der Waals surface area contributed by atoms with Gasteiger partial charge in [-0.3, -0.25) is 9.07 Å². The van der Waals surface area contributed by atoms with E-state index in [1.807, 2.05) is 20.0 Å². The van der Waals surface area contributed by atoms with Crippen molar-refractivity contribution in [1.29, 1.82) is 0 Å². The molecule has 0 spiro atoms. The highest BCUT2D eigenvalue weighted by Crippen LogP contribution is 2.41. The van der Waals surface area contributed by atoms with Gasteiger partial charge in [-0.2, -0.15) is 5.10 Å². The van der Waals surface area contributed by atoms with Gasteiger partial charge in [-0.15, -0.1) is 0 Å². The Kier molecular flexibility index (Phi) is 5.79. The molecule has 6 rings (SSSR count). The quantitative estimate of drug-likeness (QED) is 0.500. The summed E-state index contributed by atoms with van der Waals surface area (Å²) in [5.41, 5.74) is 5.50. The molecule has 2 aliphatic carbocycles. The van der Waals surface area contributed by atoms with Crippen molar-refractivity contribution in [3.8, 4) is 0 Å². The first-order valence-corrected chi connectivity index (χ1v) is 12.8. The number of aromatic nitrogens is 6. The van der Waals surface area contributed by atoms with Gasteiger partial charge in [0.25, 0.3) is 0 Å². The van der Waals surface area contributed by atoms with E-state index in [0.717, 1.165) is 72.5 Å². The fraction of sp³-hybridized carbons (Fsp3) is 0.654. The molecule has 34 heavy (non-hydrogen) atoms. The molecule has 0 amide bonds. The summed E-state index contributed by atoms with van der Waals surface area (Å²) in [4.78, 5) is 19.8. The predicted octanol–water partition coefficient (Wildman–Crippen LogP) is 5.45. The molecule has 180 valence electrons. The van der Waals surface area contributed by atoms with Crippen molar-refractivity contribution in [2.24, 2.45) is 5.92 Å². The number of hydrogen-bond donors (Lipinski definition) is 0. The summed E-state index contributed by atoms with van der Waals surface area (Å²) in [7, 11) is 0. The van der Waals surface area contributed by atoms with E-state index in [1.165, 1.54) is 12.8 Å². The second-order valence-corrected chi connectivity index (χ2v) is 10.5. The van der Waals surface area contributed by atoms with Crippen LogP contribution in [0.2, 0.25) is 0 Å². The molecule has 0 radical (unpaired) electrons. The molecule has 3 aliphatic rings. The Morgan fingerprint density at radius 3 is 2.50 bits per heavy atom. The van der Waals surface area contributed by atoms with Gasteiger partial charge in [-0.1, -0.05) is 0 Å². The molecule has 0 aromatic carbocycles. The van der Waals surface area contributed by atoms with Crippen LogP contribution in [0.25, 0.3) is 11.2 Å². The number of fused-ring (bicyclic) bond motifs is 1. The number of aryl methyl sites for hydroxylation is 2. The molecule has 3 aromatic heterocycles. The van der Waals surface area contributed by atoms with Crippen LogP contribution in [-0.2, 0) is 4.74 Å². The highest BCUT2D eigenvalue weighted by molar-refractivity contribution is 5.73. The van der Waals surface area contributed by atoms with Crippen molar-refractivity contribution in [1.82, 2.24) is 29.7 Å². The highest BCUT2D eigenvalue weighted by Gasteiger charge is 2.32. The summed E-state index contributed by atoms with van der Waals surface area (Å²) in [5, 5.41) is 4.56.